The van der Waals surface area contributed by atoms with Crippen molar-refractivity contribution in [1.82, 2.24) is 4.57 Å². The summed E-state index contributed by atoms with van der Waals surface area (Å²) < 4.78 is 36.9. The fourth-order valence-electron chi connectivity index (χ4n) is 1.90. The lowest BCUT2D eigenvalue weighted by molar-refractivity contribution is 0.101. The smallest absolute Gasteiger partial charge is 0.334 e. The molecule has 2 rings (SSSR count). The minimum absolute atomic E-state index is 0.120. The molecule has 1 N–H and O–H groups in total. The number of para-hydroxylation sites is 1. The van der Waals surface area contributed by atoms with Gasteiger partial charge in [0.2, 0.25) is 0 Å². The Morgan fingerprint density at radius 3 is 2.67 bits per heavy atom. The van der Waals surface area contributed by atoms with Gasteiger partial charge in [0.15, 0.2) is 0 Å². The van der Waals surface area contributed by atoms with Gasteiger partial charge in [0.25, 0.3) is 5.91 Å². The summed E-state index contributed by atoms with van der Waals surface area (Å²) in [6.07, 6.45) is 1.58. The van der Waals surface area contributed by atoms with Crippen molar-refractivity contribution in [3.8, 4) is 0 Å². The summed E-state index contributed by atoms with van der Waals surface area (Å²) in [6, 6.07) is 6.71. The van der Waals surface area contributed by atoms with E-state index in [-0.39, 0.29) is 11.4 Å². The number of rotatable bonds is 4. The minimum Gasteiger partial charge on any atom is -0.342 e. The molecule has 0 unspecified atom stereocenters. The zero-order valence-electron chi connectivity index (χ0n) is 11.0. The number of hydrogen-bond acceptors (Lipinski definition) is 3. The van der Waals surface area contributed by atoms with E-state index in [1.54, 1.807) is 10.8 Å². The van der Waals surface area contributed by atoms with Crippen molar-refractivity contribution < 1.29 is 17.1 Å². The Bertz CT molecular complexity index is 786. The van der Waals surface area contributed by atoms with Gasteiger partial charge in [-0.15, -0.1) is 3.89 Å². The van der Waals surface area contributed by atoms with Crippen LogP contribution in [0.25, 0.3) is 0 Å². The van der Waals surface area contributed by atoms with E-state index >= 15 is 0 Å². The molecule has 1 aromatic heterocycles. The molecule has 0 radical (unpaired) electrons. The van der Waals surface area contributed by atoms with E-state index in [0.29, 0.717) is 11.6 Å². The molecule has 0 spiro atoms. The number of hydrogen-bond donors (Lipinski definition) is 1. The van der Waals surface area contributed by atoms with Crippen LogP contribution in [0.3, 0.4) is 0 Å². The molecule has 112 valence electrons. The number of anilines is 1. The lowest BCUT2D eigenvalue weighted by Crippen LogP contribution is -2.17. The van der Waals surface area contributed by atoms with E-state index in [2.05, 4.69) is 5.32 Å². The lowest BCUT2D eigenvalue weighted by Gasteiger charge is -2.09. The van der Waals surface area contributed by atoms with E-state index in [1.807, 2.05) is 6.92 Å². The minimum atomic E-state index is -4.92. The number of aromatic nitrogens is 1. The average Bonchev–Trinajstić information content (AvgIpc) is 2.79. The average molecular weight is 331 g/mol. The number of carbonyl (C=O) groups is 1. The van der Waals surface area contributed by atoms with Gasteiger partial charge >= 0.3 is 10.2 Å². The molecule has 0 atom stereocenters. The first-order valence-corrected chi connectivity index (χ1v) is 7.79. The fourth-order valence-corrected chi connectivity index (χ4v) is 2.74. The van der Waals surface area contributed by atoms with Gasteiger partial charge in [0.05, 0.1) is 10.7 Å². The molecule has 0 saturated carbocycles. The number of halogens is 2. The molecular weight excluding hydrogens is 319 g/mol. The second-order valence-corrected chi connectivity index (χ2v) is 5.97. The van der Waals surface area contributed by atoms with Crippen molar-refractivity contribution in [3.63, 3.8) is 0 Å². The number of nitrogens with zero attached hydrogens (tertiary/aromatic N) is 1. The monoisotopic (exact) mass is 330 g/mol. The second kappa shape index (κ2) is 5.87. The number of carbonyl (C=O) groups excluding carboxylic acids is 1. The quantitative estimate of drug-likeness (QED) is 0.876. The zero-order chi connectivity index (χ0) is 15.6. The molecule has 0 aliphatic carbocycles. The Labute approximate surface area is 126 Å². The highest BCUT2D eigenvalue weighted by molar-refractivity contribution is 7.86. The molecular formula is C13H12ClFN2O3S. The van der Waals surface area contributed by atoms with Crippen LogP contribution in [0.2, 0.25) is 5.02 Å². The molecule has 21 heavy (non-hydrogen) atoms. The highest BCUT2D eigenvalue weighted by Gasteiger charge is 2.20. The standard InChI is InChI=1S/C13H12ClFN2O3S/c1-2-17-8-9(14)7-11(17)13(18)16-10-5-3-4-6-12(10)21(15,19)20/h3-8H,2H2,1H3,(H,16,18). The molecule has 0 bridgehead atoms. The third kappa shape index (κ3) is 3.43. The number of benzene rings is 1. The molecule has 2 aromatic rings. The third-order valence-electron chi connectivity index (χ3n) is 2.83. The maximum atomic E-state index is 13.2. The van der Waals surface area contributed by atoms with Crippen molar-refractivity contribution in [1.29, 1.82) is 0 Å². The summed E-state index contributed by atoms with van der Waals surface area (Å²) in [5.41, 5.74) is 0.138. The molecule has 0 fully saturated rings. The first-order chi connectivity index (χ1) is 9.82. The van der Waals surface area contributed by atoms with Gasteiger partial charge in [-0.1, -0.05) is 23.7 Å². The molecule has 5 nitrogen and oxygen atoms in total. The van der Waals surface area contributed by atoms with Crippen LogP contribution >= 0.6 is 11.6 Å². The van der Waals surface area contributed by atoms with Gasteiger partial charge in [0, 0.05) is 12.7 Å². The molecule has 0 saturated heterocycles. The van der Waals surface area contributed by atoms with Crippen LogP contribution < -0.4 is 5.32 Å². The Kier molecular flexibility index (Phi) is 4.34. The van der Waals surface area contributed by atoms with E-state index in [1.165, 1.54) is 24.3 Å². The van der Waals surface area contributed by atoms with Crippen molar-refractivity contribution in [2.75, 3.05) is 5.32 Å². The van der Waals surface area contributed by atoms with Gasteiger partial charge in [0.1, 0.15) is 10.6 Å². The van der Waals surface area contributed by atoms with Crippen LogP contribution in [-0.4, -0.2) is 18.9 Å². The van der Waals surface area contributed by atoms with Gasteiger partial charge < -0.3 is 9.88 Å². The van der Waals surface area contributed by atoms with Gasteiger partial charge in [-0.05, 0) is 25.1 Å². The third-order valence-corrected chi connectivity index (χ3v) is 3.92. The summed E-state index contributed by atoms with van der Waals surface area (Å²) in [5.74, 6) is -0.570. The van der Waals surface area contributed by atoms with Crippen molar-refractivity contribution in [2.24, 2.45) is 0 Å². The molecule has 1 heterocycles. The van der Waals surface area contributed by atoms with Gasteiger partial charge in [-0.3, -0.25) is 4.79 Å². The van der Waals surface area contributed by atoms with Crippen molar-refractivity contribution >= 4 is 33.4 Å². The predicted octanol–water partition coefficient (Wildman–Crippen LogP) is 3.07. The summed E-state index contributed by atoms with van der Waals surface area (Å²) in [6.45, 7) is 2.34. The molecule has 0 aliphatic rings. The summed E-state index contributed by atoms with van der Waals surface area (Å²) in [4.78, 5) is 11.6. The van der Waals surface area contributed by atoms with E-state index in [9.17, 15) is 17.1 Å². The van der Waals surface area contributed by atoms with Crippen LogP contribution in [0, 0.1) is 0 Å². The predicted molar refractivity (Wildman–Crippen MR) is 77.8 cm³/mol. The second-order valence-electron chi connectivity index (χ2n) is 4.22. The van der Waals surface area contributed by atoms with Crippen molar-refractivity contribution in [2.45, 2.75) is 18.4 Å². The Balaban J connectivity index is 2.37. The highest BCUT2D eigenvalue weighted by atomic mass is 35.5. The fraction of sp³-hybridized carbons (Fsp3) is 0.154. The zero-order valence-corrected chi connectivity index (χ0v) is 12.6. The maximum absolute atomic E-state index is 13.2. The molecule has 1 aromatic carbocycles. The Morgan fingerprint density at radius 1 is 1.38 bits per heavy atom. The molecule has 8 heteroatoms. The van der Waals surface area contributed by atoms with Gasteiger partial charge in [-0.25, -0.2) is 0 Å². The van der Waals surface area contributed by atoms with Crippen LogP contribution in [0.4, 0.5) is 9.57 Å². The number of aryl methyl sites for hydroxylation is 1. The van der Waals surface area contributed by atoms with Crippen LogP contribution in [0.1, 0.15) is 17.4 Å². The normalized spacial score (nSPS) is 11.4. The number of nitrogens with one attached hydrogen (secondary N) is 1. The largest absolute Gasteiger partial charge is 0.342 e. The molecule has 1 amide bonds. The van der Waals surface area contributed by atoms with Crippen LogP contribution in [0.5, 0.6) is 0 Å². The Hall–Kier alpha value is -1.86. The molecule has 0 aliphatic heterocycles. The topological polar surface area (TPSA) is 68.2 Å². The summed E-state index contributed by atoms with van der Waals surface area (Å²) in [7, 11) is -4.92. The number of amides is 1. The van der Waals surface area contributed by atoms with Crippen molar-refractivity contribution in [3.05, 3.63) is 47.2 Å². The van der Waals surface area contributed by atoms with E-state index in [0.717, 1.165) is 6.07 Å². The van der Waals surface area contributed by atoms with Crippen LogP contribution in [-0.2, 0) is 16.8 Å². The lowest BCUT2D eigenvalue weighted by atomic mass is 10.3. The van der Waals surface area contributed by atoms with Gasteiger partial charge in [-0.2, -0.15) is 8.42 Å². The highest BCUT2D eigenvalue weighted by Crippen LogP contribution is 2.24. The van der Waals surface area contributed by atoms with E-state index in [4.69, 9.17) is 11.6 Å². The maximum Gasteiger partial charge on any atom is 0.334 e. The van der Waals surface area contributed by atoms with Crippen LogP contribution in [0.15, 0.2) is 41.4 Å². The first-order valence-electron chi connectivity index (χ1n) is 6.03. The van der Waals surface area contributed by atoms with E-state index < -0.39 is 21.0 Å². The summed E-state index contributed by atoms with van der Waals surface area (Å²) >= 11 is 5.84. The Morgan fingerprint density at radius 2 is 2.05 bits per heavy atom. The summed E-state index contributed by atoms with van der Waals surface area (Å²) in [5, 5.41) is 2.77. The first kappa shape index (κ1) is 15.5. The SMILES string of the molecule is CCn1cc(Cl)cc1C(=O)Nc1ccccc1S(=O)(=O)F.